The molecular weight excluding hydrogens is 347 g/mol. The molecule has 1 aliphatic rings. The van der Waals surface area contributed by atoms with Crippen LogP contribution in [-0.4, -0.2) is 34.0 Å². The van der Waals surface area contributed by atoms with Crippen LogP contribution in [0.3, 0.4) is 0 Å². The molecule has 0 bridgehead atoms. The largest absolute Gasteiger partial charge is 0.348 e. The number of rotatable bonds is 3. The number of carbonyl (C=O) groups is 1. The third-order valence-electron chi connectivity index (χ3n) is 3.53. The molecular formula is C14H15Cl3N4O. The minimum absolute atomic E-state index is 0. The van der Waals surface area contributed by atoms with Gasteiger partial charge in [-0.3, -0.25) is 4.90 Å². The standard InChI is InChI=1S/C14H14Cl2N4O.ClH/c1-9-13(18-8-17-9)7-19-2-3-20(14(19)21)12-5-10(15)4-11(16)6-12;/h4-6,8H,2-3,7H2,1H3,(H,17,18);1H. The van der Waals surface area contributed by atoms with Crippen LogP contribution in [0.25, 0.3) is 0 Å². The van der Waals surface area contributed by atoms with Crippen molar-refractivity contribution in [2.45, 2.75) is 13.5 Å². The highest BCUT2D eigenvalue weighted by molar-refractivity contribution is 6.35. The molecule has 2 amide bonds. The van der Waals surface area contributed by atoms with E-state index in [0.717, 1.165) is 17.1 Å². The van der Waals surface area contributed by atoms with E-state index in [9.17, 15) is 4.79 Å². The van der Waals surface area contributed by atoms with E-state index >= 15 is 0 Å². The number of nitrogens with one attached hydrogen (secondary N) is 1. The number of nitrogens with zero attached hydrogens (tertiary/aromatic N) is 3. The maximum atomic E-state index is 12.5. The number of benzene rings is 1. The van der Waals surface area contributed by atoms with E-state index in [4.69, 9.17) is 23.2 Å². The molecule has 2 heterocycles. The van der Waals surface area contributed by atoms with E-state index in [1.807, 2.05) is 6.92 Å². The molecule has 0 atom stereocenters. The topological polar surface area (TPSA) is 52.2 Å². The van der Waals surface area contributed by atoms with Gasteiger partial charge in [0.2, 0.25) is 0 Å². The number of hydrogen-bond acceptors (Lipinski definition) is 2. The van der Waals surface area contributed by atoms with Crippen molar-refractivity contribution in [3.05, 3.63) is 46.0 Å². The number of carbonyl (C=O) groups excluding carboxylic acids is 1. The molecule has 1 aromatic heterocycles. The summed E-state index contributed by atoms with van der Waals surface area (Å²) in [6, 6.07) is 5.08. The summed E-state index contributed by atoms with van der Waals surface area (Å²) < 4.78 is 0. The van der Waals surface area contributed by atoms with Crippen LogP contribution in [0.4, 0.5) is 10.5 Å². The molecule has 1 fully saturated rings. The smallest absolute Gasteiger partial charge is 0.324 e. The highest BCUT2D eigenvalue weighted by Gasteiger charge is 2.30. The van der Waals surface area contributed by atoms with Gasteiger partial charge in [-0.15, -0.1) is 12.4 Å². The van der Waals surface area contributed by atoms with E-state index in [2.05, 4.69) is 9.97 Å². The van der Waals surface area contributed by atoms with Crippen molar-refractivity contribution in [1.29, 1.82) is 0 Å². The van der Waals surface area contributed by atoms with Crippen LogP contribution in [-0.2, 0) is 6.54 Å². The van der Waals surface area contributed by atoms with Gasteiger partial charge in [0, 0.05) is 34.5 Å². The molecule has 0 spiro atoms. The molecule has 22 heavy (non-hydrogen) atoms. The molecule has 2 aromatic rings. The molecule has 0 aliphatic carbocycles. The fraction of sp³-hybridized carbons (Fsp3) is 0.286. The van der Waals surface area contributed by atoms with Crippen LogP contribution in [0.2, 0.25) is 10.0 Å². The summed E-state index contributed by atoms with van der Waals surface area (Å²) in [4.78, 5) is 23.2. The first-order chi connectivity index (χ1) is 10.0. The maximum absolute atomic E-state index is 12.5. The first-order valence-electron chi connectivity index (χ1n) is 6.56. The lowest BCUT2D eigenvalue weighted by Gasteiger charge is -2.18. The zero-order chi connectivity index (χ0) is 15.0. The number of amides is 2. The monoisotopic (exact) mass is 360 g/mol. The summed E-state index contributed by atoms with van der Waals surface area (Å²) in [7, 11) is 0. The van der Waals surface area contributed by atoms with Crippen LogP contribution in [0.1, 0.15) is 11.4 Å². The average molecular weight is 362 g/mol. The fourth-order valence-corrected chi connectivity index (χ4v) is 2.91. The van der Waals surface area contributed by atoms with E-state index in [1.165, 1.54) is 0 Å². The lowest BCUT2D eigenvalue weighted by atomic mass is 10.3. The summed E-state index contributed by atoms with van der Waals surface area (Å²) in [5.74, 6) is 0. The minimum atomic E-state index is -0.0595. The Morgan fingerprint density at radius 1 is 1.23 bits per heavy atom. The Morgan fingerprint density at radius 3 is 2.50 bits per heavy atom. The number of aromatic amines is 1. The average Bonchev–Trinajstić information content (AvgIpc) is 2.97. The zero-order valence-corrected chi connectivity index (χ0v) is 14.2. The van der Waals surface area contributed by atoms with Crippen LogP contribution in [0.5, 0.6) is 0 Å². The van der Waals surface area contributed by atoms with Crippen LogP contribution in [0, 0.1) is 6.92 Å². The van der Waals surface area contributed by atoms with E-state index < -0.39 is 0 Å². The zero-order valence-electron chi connectivity index (χ0n) is 11.8. The Hall–Kier alpha value is -1.43. The van der Waals surface area contributed by atoms with Gasteiger partial charge in [-0.05, 0) is 25.1 Å². The van der Waals surface area contributed by atoms with Crippen molar-refractivity contribution >= 4 is 47.3 Å². The number of aromatic nitrogens is 2. The summed E-state index contributed by atoms with van der Waals surface area (Å²) in [6.07, 6.45) is 1.64. The fourth-order valence-electron chi connectivity index (χ4n) is 2.39. The second-order valence-electron chi connectivity index (χ2n) is 4.96. The molecule has 1 aliphatic heterocycles. The lowest BCUT2D eigenvalue weighted by Crippen LogP contribution is -2.31. The predicted octanol–water partition coefficient (Wildman–Crippen LogP) is 3.89. The second kappa shape index (κ2) is 6.77. The number of anilines is 1. The molecule has 5 nitrogen and oxygen atoms in total. The first kappa shape index (κ1) is 16.9. The molecule has 0 saturated carbocycles. The summed E-state index contributed by atoms with van der Waals surface area (Å²) in [5, 5.41) is 1.04. The van der Waals surface area contributed by atoms with Crippen LogP contribution < -0.4 is 4.90 Å². The summed E-state index contributed by atoms with van der Waals surface area (Å²) in [6.45, 7) is 3.70. The van der Waals surface area contributed by atoms with Crippen molar-refractivity contribution in [2.75, 3.05) is 18.0 Å². The highest BCUT2D eigenvalue weighted by atomic mass is 35.5. The van der Waals surface area contributed by atoms with Gasteiger partial charge in [-0.2, -0.15) is 0 Å². The molecule has 118 valence electrons. The van der Waals surface area contributed by atoms with Gasteiger partial charge >= 0.3 is 6.03 Å². The van der Waals surface area contributed by atoms with E-state index in [0.29, 0.717) is 29.7 Å². The molecule has 3 rings (SSSR count). The van der Waals surface area contributed by atoms with Gasteiger partial charge in [0.1, 0.15) is 0 Å². The van der Waals surface area contributed by atoms with Crippen molar-refractivity contribution < 1.29 is 4.79 Å². The second-order valence-corrected chi connectivity index (χ2v) is 5.83. The Kier molecular flexibility index (Phi) is 5.21. The number of H-pyrrole nitrogens is 1. The Balaban J connectivity index is 0.00000176. The number of urea groups is 1. The predicted molar refractivity (Wildman–Crippen MR) is 90.2 cm³/mol. The maximum Gasteiger partial charge on any atom is 0.324 e. The van der Waals surface area contributed by atoms with Gasteiger partial charge in [-0.25, -0.2) is 9.78 Å². The minimum Gasteiger partial charge on any atom is -0.348 e. The Bertz CT molecular complexity index is 668. The van der Waals surface area contributed by atoms with E-state index in [-0.39, 0.29) is 18.4 Å². The molecule has 1 aromatic carbocycles. The summed E-state index contributed by atoms with van der Waals surface area (Å²) >= 11 is 12.0. The quantitative estimate of drug-likeness (QED) is 0.901. The molecule has 8 heteroatoms. The SMILES string of the molecule is Cc1[nH]cnc1CN1CCN(c2cc(Cl)cc(Cl)c2)C1=O.Cl. The third kappa shape index (κ3) is 3.32. The molecule has 0 unspecified atom stereocenters. The van der Waals surface area contributed by atoms with E-state index in [1.54, 1.807) is 34.3 Å². The van der Waals surface area contributed by atoms with Crippen LogP contribution >= 0.6 is 35.6 Å². The number of imidazole rings is 1. The summed E-state index contributed by atoms with van der Waals surface area (Å²) in [5.41, 5.74) is 2.58. The number of halogens is 3. The van der Waals surface area contributed by atoms with Gasteiger partial charge in [0.05, 0.1) is 18.6 Å². The Morgan fingerprint density at radius 2 is 1.91 bits per heavy atom. The van der Waals surface area contributed by atoms with Gasteiger partial charge in [0.25, 0.3) is 0 Å². The highest BCUT2D eigenvalue weighted by Crippen LogP contribution is 2.28. The van der Waals surface area contributed by atoms with Crippen molar-refractivity contribution in [3.63, 3.8) is 0 Å². The van der Waals surface area contributed by atoms with Crippen molar-refractivity contribution in [3.8, 4) is 0 Å². The van der Waals surface area contributed by atoms with Gasteiger partial charge in [-0.1, -0.05) is 23.2 Å². The molecule has 1 saturated heterocycles. The molecule has 0 radical (unpaired) electrons. The lowest BCUT2D eigenvalue weighted by molar-refractivity contribution is 0.218. The normalized spacial score (nSPS) is 14.4. The number of aryl methyl sites for hydroxylation is 1. The molecule has 1 N–H and O–H groups in total. The van der Waals surface area contributed by atoms with Gasteiger partial charge < -0.3 is 9.88 Å². The van der Waals surface area contributed by atoms with Crippen molar-refractivity contribution in [1.82, 2.24) is 14.9 Å². The van der Waals surface area contributed by atoms with Gasteiger partial charge in [0.15, 0.2) is 0 Å². The number of hydrogen-bond donors (Lipinski definition) is 1. The van der Waals surface area contributed by atoms with Crippen molar-refractivity contribution in [2.24, 2.45) is 0 Å². The first-order valence-corrected chi connectivity index (χ1v) is 7.31. The Labute approximate surface area is 144 Å². The van der Waals surface area contributed by atoms with Crippen LogP contribution in [0.15, 0.2) is 24.5 Å². The third-order valence-corrected chi connectivity index (χ3v) is 3.97.